The monoisotopic (exact) mass is 255 g/mol. The van der Waals surface area contributed by atoms with Gasteiger partial charge in [-0.05, 0) is 17.7 Å². The maximum Gasteiger partial charge on any atom is 0.264 e. The molecule has 1 aromatic carbocycles. The van der Waals surface area contributed by atoms with Crippen molar-refractivity contribution in [3.63, 3.8) is 0 Å². The molecular weight excluding hydrogens is 242 g/mol. The number of nitrogens with zero attached hydrogens (tertiary/aromatic N) is 1. The summed E-state index contributed by atoms with van der Waals surface area (Å²) in [5.41, 5.74) is 1.35. The normalized spacial score (nSPS) is 13.0. The molecule has 0 bridgehead atoms. The minimum atomic E-state index is -3.53. The molecule has 0 aromatic heterocycles. The van der Waals surface area contributed by atoms with Crippen LogP contribution in [0.2, 0.25) is 0 Å². The summed E-state index contributed by atoms with van der Waals surface area (Å²) >= 11 is 0. The number of aliphatic hydroxyl groups excluding tert-OH is 1. The molecule has 0 spiro atoms. The van der Waals surface area contributed by atoms with E-state index in [1.165, 1.54) is 0 Å². The number of benzene rings is 1. The molecule has 1 N–H and O–H groups in total. The zero-order valence-corrected chi connectivity index (χ0v) is 10.1. The Morgan fingerprint density at radius 3 is 2.47 bits per heavy atom. The van der Waals surface area contributed by atoms with E-state index in [4.69, 9.17) is 5.26 Å². The van der Waals surface area contributed by atoms with Gasteiger partial charge in [-0.3, -0.25) is 4.18 Å². The van der Waals surface area contributed by atoms with Gasteiger partial charge >= 0.3 is 0 Å². The van der Waals surface area contributed by atoms with Crippen molar-refractivity contribution in [2.45, 2.75) is 12.5 Å². The van der Waals surface area contributed by atoms with E-state index in [1.54, 1.807) is 24.3 Å². The molecule has 1 atom stereocenters. The molecule has 0 aliphatic carbocycles. The van der Waals surface area contributed by atoms with Gasteiger partial charge in [0.1, 0.15) is 0 Å². The molecule has 6 heteroatoms. The molecule has 0 aliphatic rings. The quantitative estimate of drug-likeness (QED) is 0.771. The van der Waals surface area contributed by atoms with Crippen LogP contribution in [-0.2, 0) is 20.7 Å². The first-order valence-corrected chi connectivity index (χ1v) is 6.74. The van der Waals surface area contributed by atoms with Gasteiger partial charge in [0, 0.05) is 6.42 Å². The highest BCUT2D eigenvalue weighted by atomic mass is 32.2. The van der Waals surface area contributed by atoms with Gasteiger partial charge in [0.15, 0.2) is 0 Å². The van der Waals surface area contributed by atoms with Crippen molar-refractivity contribution >= 4 is 10.1 Å². The van der Waals surface area contributed by atoms with Crippen LogP contribution in [0.5, 0.6) is 0 Å². The summed E-state index contributed by atoms with van der Waals surface area (Å²) in [5.74, 6) is 0. The van der Waals surface area contributed by atoms with E-state index < -0.39 is 16.2 Å². The Kier molecular flexibility index (Phi) is 4.63. The first-order chi connectivity index (χ1) is 7.90. The van der Waals surface area contributed by atoms with Gasteiger partial charge in [-0.25, -0.2) is 0 Å². The van der Waals surface area contributed by atoms with Crippen LogP contribution >= 0.6 is 0 Å². The lowest BCUT2D eigenvalue weighted by molar-refractivity contribution is 0.111. The Bertz CT molecular complexity index is 501. The molecule has 1 unspecified atom stereocenters. The summed E-state index contributed by atoms with van der Waals surface area (Å²) in [6.45, 7) is -0.265. The zero-order valence-electron chi connectivity index (χ0n) is 9.33. The fourth-order valence-corrected chi connectivity index (χ4v) is 1.65. The molecule has 0 heterocycles. The highest BCUT2D eigenvalue weighted by Gasteiger charge is 2.10. The van der Waals surface area contributed by atoms with Crippen LogP contribution < -0.4 is 0 Å². The van der Waals surface area contributed by atoms with Crippen molar-refractivity contribution in [1.29, 1.82) is 5.26 Å². The van der Waals surface area contributed by atoms with Gasteiger partial charge in [0.05, 0.1) is 30.6 Å². The maximum absolute atomic E-state index is 10.7. The third kappa shape index (κ3) is 5.45. The van der Waals surface area contributed by atoms with Crippen LogP contribution in [0, 0.1) is 11.3 Å². The molecule has 0 radical (unpaired) electrons. The minimum Gasteiger partial charge on any atom is -0.390 e. The van der Waals surface area contributed by atoms with Crippen LogP contribution in [0.3, 0.4) is 0 Å². The molecule has 0 saturated heterocycles. The summed E-state index contributed by atoms with van der Waals surface area (Å²) in [6, 6.07) is 8.68. The number of aliphatic hydroxyl groups is 1. The largest absolute Gasteiger partial charge is 0.390 e. The van der Waals surface area contributed by atoms with Crippen LogP contribution in [0.1, 0.15) is 11.1 Å². The summed E-state index contributed by atoms with van der Waals surface area (Å²) in [6.07, 6.45) is 0.320. The predicted molar refractivity (Wildman–Crippen MR) is 61.7 cm³/mol. The maximum atomic E-state index is 10.7. The Hall–Kier alpha value is -1.42. The van der Waals surface area contributed by atoms with Crippen molar-refractivity contribution in [1.82, 2.24) is 0 Å². The molecule has 0 fully saturated rings. The Balaban J connectivity index is 2.51. The standard InChI is InChI=1S/C11H13NO4S/c1-17(14,15)16-8-11(13)6-9-2-4-10(7-12)5-3-9/h2-5,11,13H,6,8H2,1H3. The molecule has 17 heavy (non-hydrogen) atoms. The average Bonchev–Trinajstić information content (AvgIpc) is 2.27. The molecule has 0 amide bonds. The van der Waals surface area contributed by atoms with E-state index >= 15 is 0 Å². The highest BCUT2D eigenvalue weighted by molar-refractivity contribution is 7.85. The summed E-state index contributed by atoms with van der Waals surface area (Å²) in [4.78, 5) is 0. The number of rotatable bonds is 5. The molecule has 0 aliphatic heterocycles. The lowest BCUT2D eigenvalue weighted by Gasteiger charge is -2.09. The molecule has 92 valence electrons. The van der Waals surface area contributed by atoms with Crippen LogP contribution in [-0.4, -0.2) is 32.5 Å². The van der Waals surface area contributed by atoms with Crippen LogP contribution in [0.4, 0.5) is 0 Å². The first kappa shape index (κ1) is 13.6. The van der Waals surface area contributed by atoms with Gasteiger partial charge in [0.25, 0.3) is 10.1 Å². The van der Waals surface area contributed by atoms with E-state index in [1.807, 2.05) is 6.07 Å². The third-order valence-corrected chi connectivity index (χ3v) is 2.59. The molecule has 1 rings (SSSR count). The molecule has 1 aromatic rings. The molecular formula is C11H13NO4S. The average molecular weight is 255 g/mol. The van der Waals surface area contributed by atoms with E-state index in [0.29, 0.717) is 5.56 Å². The minimum absolute atomic E-state index is 0.265. The Morgan fingerprint density at radius 2 is 2.00 bits per heavy atom. The smallest absolute Gasteiger partial charge is 0.264 e. The number of nitriles is 1. The third-order valence-electron chi connectivity index (χ3n) is 2.03. The number of hydrogen-bond donors (Lipinski definition) is 1. The second-order valence-corrected chi connectivity index (χ2v) is 5.30. The Labute approximate surface area is 100 Å². The van der Waals surface area contributed by atoms with Gasteiger partial charge < -0.3 is 5.11 Å². The van der Waals surface area contributed by atoms with Crippen molar-refractivity contribution < 1.29 is 17.7 Å². The van der Waals surface area contributed by atoms with E-state index in [2.05, 4.69) is 4.18 Å². The van der Waals surface area contributed by atoms with Crippen molar-refractivity contribution in [2.24, 2.45) is 0 Å². The van der Waals surface area contributed by atoms with Gasteiger partial charge in [-0.15, -0.1) is 0 Å². The topological polar surface area (TPSA) is 87.4 Å². The van der Waals surface area contributed by atoms with Gasteiger partial charge in [-0.2, -0.15) is 13.7 Å². The summed E-state index contributed by atoms with van der Waals surface area (Å²) in [5, 5.41) is 18.1. The summed E-state index contributed by atoms with van der Waals surface area (Å²) < 4.78 is 25.9. The van der Waals surface area contributed by atoms with Crippen molar-refractivity contribution in [2.75, 3.05) is 12.9 Å². The lowest BCUT2D eigenvalue weighted by Crippen LogP contribution is -2.20. The fourth-order valence-electron chi connectivity index (χ4n) is 1.25. The Morgan fingerprint density at radius 1 is 1.41 bits per heavy atom. The van der Waals surface area contributed by atoms with E-state index in [0.717, 1.165) is 11.8 Å². The van der Waals surface area contributed by atoms with Crippen molar-refractivity contribution in [3.8, 4) is 6.07 Å². The van der Waals surface area contributed by atoms with E-state index in [-0.39, 0.29) is 13.0 Å². The fraction of sp³-hybridized carbons (Fsp3) is 0.364. The molecule has 5 nitrogen and oxygen atoms in total. The number of hydrogen-bond acceptors (Lipinski definition) is 5. The van der Waals surface area contributed by atoms with Crippen LogP contribution in [0.25, 0.3) is 0 Å². The van der Waals surface area contributed by atoms with Gasteiger partial charge in [-0.1, -0.05) is 12.1 Å². The second kappa shape index (κ2) is 5.77. The lowest BCUT2D eigenvalue weighted by atomic mass is 10.1. The predicted octanol–water partition coefficient (Wildman–Crippen LogP) is 0.438. The van der Waals surface area contributed by atoms with Gasteiger partial charge in [0.2, 0.25) is 0 Å². The van der Waals surface area contributed by atoms with E-state index in [9.17, 15) is 13.5 Å². The highest BCUT2D eigenvalue weighted by Crippen LogP contribution is 2.07. The van der Waals surface area contributed by atoms with Crippen molar-refractivity contribution in [3.05, 3.63) is 35.4 Å². The second-order valence-electron chi connectivity index (χ2n) is 3.66. The summed E-state index contributed by atoms with van der Waals surface area (Å²) in [7, 11) is -3.53. The first-order valence-electron chi connectivity index (χ1n) is 4.92. The zero-order chi connectivity index (χ0) is 12.9. The molecule has 0 saturated carbocycles. The van der Waals surface area contributed by atoms with Crippen LogP contribution in [0.15, 0.2) is 24.3 Å². The SMILES string of the molecule is CS(=O)(=O)OCC(O)Cc1ccc(C#N)cc1.